The third-order valence-electron chi connectivity index (χ3n) is 3.14. The summed E-state index contributed by atoms with van der Waals surface area (Å²) < 4.78 is 0. The van der Waals surface area contributed by atoms with E-state index in [0.717, 1.165) is 0 Å². The fourth-order valence-electron chi connectivity index (χ4n) is 2.10. The van der Waals surface area contributed by atoms with Crippen molar-refractivity contribution in [3.05, 3.63) is 11.1 Å². The Balaban J connectivity index is 1.94. The third-order valence-corrected chi connectivity index (χ3v) is 3.81. The molecule has 0 aliphatic carbocycles. The summed E-state index contributed by atoms with van der Waals surface area (Å²) in [6, 6.07) is 0. The Bertz CT molecular complexity index is 452. The molecule has 1 fully saturated rings. The SMILES string of the molecule is CNC(=O)C1CCN(C(=O)c2csc(N)n2)CC1. The molecule has 0 unspecified atom stereocenters. The van der Waals surface area contributed by atoms with Gasteiger partial charge in [-0.1, -0.05) is 0 Å². The lowest BCUT2D eigenvalue weighted by molar-refractivity contribution is -0.125. The fourth-order valence-corrected chi connectivity index (χ4v) is 2.63. The van der Waals surface area contributed by atoms with Gasteiger partial charge in [-0.15, -0.1) is 11.3 Å². The van der Waals surface area contributed by atoms with Crippen LogP contribution in [0.2, 0.25) is 0 Å². The molecular weight excluding hydrogens is 252 g/mol. The summed E-state index contributed by atoms with van der Waals surface area (Å²) in [5.41, 5.74) is 5.91. The first-order valence-electron chi connectivity index (χ1n) is 5.83. The van der Waals surface area contributed by atoms with E-state index in [-0.39, 0.29) is 17.7 Å². The Labute approximate surface area is 109 Å². The summed E-state index contributed by atoms with van der Waals surface area (Å²) in [6.07, 6.45) is 1.40. The summed E-state index contributed by atoms with van der Waals surface area (Å²) >= 11 is 1.26. The van der Waals surface area contributed by atoms with Crippen molar-refractivity contribution in [2.45, 2.75) is 12.8 Å². The molecule has 18 heavy (non-hydrogen) atoms. The molecule has 3 N–H and O–H groups in total. The molecule has 1 aliphatic rings. The van der Waals surface area contributed by atoms with E-state index >= 15 is 0 Å². The van der Waals surface area contributed by atoms with E-state index in [0.29, 0.717) is 36.8 Å². The van der Waals surface area contributed by atoms with Crippen LogP contribution in [0, 0.1) is 5.92 Å². The number of piperidine rings is 1. The van der Waals surface area contributed by atoms with Crippen molar-refractivity contribution in [1.82, 2.24) is 15.2 Å². The van der Waals surface area contributed by atoms with E-state index in [1.807, 2.05) is 0 Å². The smallest absolute Gasteiger partial charge is 0.273 e. The van der Waals surface area contributed by atoms with Gasteiger partial charge in [0.25, 0.3) is 5.91 Å². The number of likely N-dealkylation sites (tertiary alicyclic amines) is 1. The molecule has 1 saturated heterocycles. The summed E-state index contributed by atoms with van der Waals surface area (Å²) in [4.78, 5) is 29.3. The predicted molar refractivity (Wildman–Crippen MR) is 69.2 cm³/mol. The first-order chi connectivity index (χ1) is 8.61. The van der Waals surface area contributed by atoms with Gasteiger partial charge in [-0.2, -0.15) is 0 Å². The molecule has 0 radical (unpaired) electrons. The minimum absolute atomic E-state index is 0.0135. The molecule has 0 aromatic carbocycles. The van der Waals surface area contributed by atoms with Gasteiger partial charge in [0.05, 0.1) is 0 Å². The number of hydrogen-bond acceptors (Lipinski definition) is 5. The minimum Gasteiger partial charge on any atom is -0.375 e. The van der Waals surface area contributed by atoms with Crippen molar-refractivity contribution in [3.8, 4) is 0 Å². The molecule has 1 aromatic heterocycles. The zero-order chi connectivity index (χ0) is 13.1. The number of nitrogens with one attached hydrogen (secondary N) is 1. The van der Waals surface area contributed by atoms with Crippen LogP contribution in [0.15, 0.2) is 5.38 Å². The molecule has 0 bridgehead atoms. The number of nitrogens with zero attached hydrogens (tertiary/aromatic N) is 2. The average Bonchev–Trinajstić information content (AvgIpc) is 2.84. The van der Waals surface area contributed by atoms with E-state index in [1.54, 1.807) is 17.3 Å². The van der Waals surface area contributed by atoms with Crippen LogP contribution >= 0.6 is 11.3 Å². The number of thiazole rings is 1. The first-order valence-corrected chi connectivity index (χ1v) is 6.71. The monoisotopic (exact) mass is 268 g/mol. The fraction of sp³-hybridized carbons (Fsp3) is 0.545. The normalized spacial score (nSPS) is 16.6. The number of aromatic nitrogens is 1. The van der Waals surface area contributed by atoms with Crippen LogP contribution < -0.4 is 11.1 Å². The first kappa shape index (κ1) is 12.8. The molecular formula is C11H16N4O2S. The van der Waals surface area contributed by atoms with E-state index in [9.17, 15) is 9.59 Å². The minimum atomic E-state index is -0.0988. The van der Waals surface area contributed by atoms with Crippen molar-refractivity contribution in [2.24, 2.45) is 5.92 Å². The lowest BCUT2D eigenvalue weighted by atomic mass is 9.96. The molecule has 0 spiro atoms. The topological polar surface area (TPSA) is 88.3 Å². The van der Waals surface area contributed by atoms with Gasteiger partial charge in [-0.25, -0.2) is 4.98 Å². The third kappa shape index (κ3) is 2.61. The highest BCUT2D eigenvalue weighted by Crippen LogP contribution is 2.20. The summed E-state index contributed by atoms with van der Waals surface area (Å²) in [7, 11) is 1.64. The van der Waals surface area contributed by atoms with Crippen LogP contribution in [0.3, 0.4) is 0 Å². The van der Waals surface area contributed by atoms with Gasteiger partial charge in [-0.05, 0) is 12.8 Å². The Morgan fingerprint density at radius 2 is 2.17 bits per heavy atom. The van der Waals surface area contributed by atoms with Crippen molar-refractivity contribution in [1.29, 1.82) is 0 Å². The second-order valence-electron chi connectivity index (χ2n) is 4.25. The van der Waals surface area contributed by atoms with Gasteiger partial charge in [0.2, 0.25) is 5.91 Å². The molecule has 0 saturated carbocycles. The Morgan fingerprint density at radius 3 is 2.67 bits per heavy atom. The Hall–Kier alpha value is -1.63. The van der Waals surface area contributed by atoms with Crippen LogP contribution in [0.4, 0.5) is 5.13 Å². The van der Waals surface area contributed by atoms with Crippen molar-refractivity contribution in [2.75, 3.05) is 25.9 Å². The van der Waals surface area contributed by atoms with Crippen LogP contribution in [0.1, 0.15) is 23.3 Å². The number of amides is 2. The molecule has 2 rings (SSSR count). The maximum Gasteiger partial charge on any atom is 0.273 e. The zero-order valence-electron chi connectivity index (χ0n) is 10.2. The van der Waals surface area contributed by atoms with Crippen molar-refractivity contribution < 1.29 is 9.59 Å². The van der Waals surface area contributed by atoms with Gasteiger partial charge < -0.3 is 16.0 Å². The number of carbonyl (C=O) groups is 2. The summed E-state index contributed by atoms with van der Waals surface area (Å²) in [6.45, 7) is 1.18. The average molecular weight is 268 g/mol. The van der Waals surface area contributed by atoms with Gasteiger partial charge in [-0.3, -0.25) is 9.59 Å². The van der Waals surface area contributed by atoms with Crippen LogP contribution in [-0.4, -0.2) is 41.8 Å². The molecule has 2 heterocycles. The van der Waals surface area contributed by atoms with Crippen molar-refractivity contribution >= 4 is 28.3 Å². The van der Waals surface area contributed by atoms with E-state index in [2.05, 4.69) is 10.3 Å². The second-order valence-corrected chi connectivity index (χ2v) is 5.14. The predicted octanol–water partition coefficient (Wildman–Crippen LogP) is 0.323. The highest BCUT2D eigenvalue weighted by atomic mass is 32.1. The Kier molecular flexibility index (Phi) is 3.81. The van der Waals surface area contributed by atoms with Crippen molar-refractivity contribution in [3.63, 3.8) is 0 Å². The Morgan fingerprint density at radius 1 is 1.50 bits per heavy atom. The number of nitrogens with two attached hydrogens (primary N) is 1. The highest BCUT2D eigenvalue weighted by molar-refractivity contribution is 7.13. The maximum atomic E-state index is 12.1. The maximum absolute atomic E-state index is 12.1. The van der Waals surface area contributed by atoms with Crippen LogP contribution in [0.5, 0.6) is 0 Å². The van der Waals surface area contributed by atoms with Crippen LogP contribution in [-0.2, 0) is 4.79 Å². The highest BCUT2D eigenvalue weighted by Gasteiger charge is 2.27. The lowest BCUT2D eigenvalue weighted by Crippen LogP contribution is -2.42. The second kappa shape index (κ2) is 5.34. The van der Waals surface area contributed by atoms with Gasteiger partial charge in [0, 0.05) is 31.4 Å². The molecule has 6 nitrogen and oxygen atoms in total. The van der Waals surface area contributed by atoms with Gasteiger partial charge >= 0.3 is 0 Å². The molecule has 7 heteroatoms. The lowest BCUT2D eigenvalue weighted by Gasteiger charge is -2.30. The standard InChI is InChI=1S/C11H16N4O2S/c1-13-9(16)7-2-4-15(5-3-7)10(17)8-6-18-11(12)14-8/h6-7H,2-5H2,1H3,(H2,12,14)(H,13,16). The molecule has 98 valence electrons. The van der Waals surface area contributed by atoms with E-state index < -0.39 is 0 Å². The van der Waals surface area contributed by atoms with E-state index in [1.165, 1.54) is 11.3 Å². The molecule has 2 amide bonds. The zero-order valence-corrected chi connectivity index (χ0v) is 11.0. The molecule has 0 atom stereocenters. The van der Waals surface area contributed by atoms with E-state index in [4.69, 9.17) is 5.73 Å². The van der Waals surface area contributed by atoms with Gasteiger partial charge in [0.15, 0.2) is 5.13 Å². The number of anilines is 1. The number of carbonyl (C=O) groups excluding carboxylic acids is 2. The summed E-state index contributed by atoms with van der Waals surface area (Å²) in [5.74, 6) is -0.0298. The molecule has 1 aliphatic heterocycles. The number of nitrogen functional groups attached to an aromatic ring is 1. The number of rotatable bonds is 2. The van der Waals surface area contributed by atoms with Gasteiger partial charge in [0.1, 0.15) is 5.69 Å². The van der Waals surface area contributed by atoms with Crippen LogP contribution in [0.25, 0.3) is 0 Å². The summed E-state index contributed by atoms with van der Waals surface area (Å²) in [5, 5.41) is 4.71. The quantitative estimate of drug-likeness (QED) is 0.808. The largest absolute Gasteiger partial charge is 0.375 e. The molecule has 1 aromatic rings. The number of hydrogen-bond donors (Lipinski definition) is 2.